The second-order valence-corrected chi connectivity index (χ2v) is 2.87. The highest BCUT2D eigenvalue weighted by atomic mass is 16.1. The quantitative estimate of drug-likeness (QED) is 0.575. The van der Waals surface area contributed by atoms with E-state index in [-0.39, 0.29) is 11.8 Å². The molecule has 0 heterocycles. The lowest BCUT2D eigenvalue weighted by molar-refractivity contribution is -0.124. The third kappa shape index (κ3) is 4.91. The molecule has 0 aromatic rings. The van der Waals surface area contributed by atoms with Crippen molar-refractivity contribution < 1.29 is 4.79 Å². The van der Waals surface area contributed by atoms with Gasteiger partial charge in [0.25, 0.3) is 0 Å². The van der Waals surface area contributed by atoms with Gasteiger partial charge in [0.15, 0.2) is 0 Å². The van der Waals surface area contributed by atoms with Gasteiger partial charge in [-0.2, -0.15) is 0 Å². The smallest absolute Gasteiger partial charge is 0.223 e. The molecule has 0 saturated heterocycles. The monoisotopic (exact) mass is 170 g/mol. The Bertz CT molecular complexity index is 145. The molecule has 3 nitrogen and oxygen atoms in total. The molecule has 3 N–H and O–H groups in total. The summed E-state index contributed by atoms with van der Waals surface area (Å²) >= 11 is 0. The Labute approximate surface area is 74.0 Å². The Balaban J connectivity index is 3.53. The number of rotatable bonds is 6. The van der Waals surface area contributed by atoms with Gasteiger partial charge in [0.1, 0.15) is 0 Å². The number of nitrogens with two attached hydrogens (primary N) is 1. The predicted molar refractivity (Wildman–Crippen MR) is 50.7 cm³/mol. The van der Waals surface area contributed by atoms with Crippen LogP contribution in [0, 0.1) is 5.92 Å². The molecule has 1 unspecified atom stereocenters. The van der Waals surface area contributed by atoms with Crippen LogP contribution in [0.25, 0.3) is 0 Å². The second kappa shape index (κ2) is 6.85. The number of carbonyl (C=O) groups is 1. The van der Waals surface area contributed by atoms with Crippen molar-refractivity contribution >= 4 is 5.91 Å². The number of hydrogen-bond acceptors (Lipinski definition) is 2. The molecule has 0 spiro atoms. The largest absolute Gasteiger partial charge is 0.352 e. The van der Waals surface area contributed by atoms with Gasteiger partial charge in [0.05, 0.1) is 0 Å². The highest BCUT2D eigenvalue weighted by molar-refractivity contribution is 5.78. The van der Waals surface area contributed by atoms with Crippen LogP contribution < -0.4 is 11.1 Å². The Hall–Kier alpha value is -0.830. The van der Waals surface area contributed by atoms with Crippen molar-refractivity contribution in [3.05, 3.63) is 12.7 Å². The van der Waals surface area contributed by atoms with Crippen molar-refractivity contribution in [2.45, 2.75) is 19.8 Å². The van der Waals surface area contributed by atoms with Crippen LogP contribution >= 0.6 is 0 Å². The van der Waals surface area contributed by atoms with E-state index >= 15 is 0 Å². The summed E-state index contributed by atoms with van der Waals surface area (Å²) in [6.07, 6.45) is 3.44. The molecule has 70 valence electrons. The van der Waals surface area contributed by atoms with E-state index in [1.165, 1.54) is 0 Å². The van der Waals surface area contributed by atoms with Crippen LogP contribution in [0.15, 0.2) is 12.7 Å². The van der Waals surface area contributed by atoms with Crippen molar-refractivity contribution in [2.75, 3.05) is 13.1 Å². The fourth-order valence-corrected chi connectivity index (χ4v) is 0.902. The van der Waals surface area contributed by atoms with E-state index in [4.69, 9.17) is 5.73 Å². The van der Waals surface area contributed by atoms with Gasteiger partial charge in [0, 0.05) is 12.5 Å². The van der Waals surface area contributed by atoms with E-state index in [0.29, 0.717) is 13.1 Å². The minimum absolute atomic E-state index is 0.0634. The molecular weight excluding hydrogens is 152 g/mol. The highest BCUT2D eigenvalue weighted by Crippen LogP contribution is 2.03. The average molecular weight is 170 g/mol. The zero-order valence-corrected chi connectivity index (χ0v) is 7.68. The molecule has 0 aliphatic rings. The van der Waals surface area contributed by atoms with E-state index in [9.17, 15) is 4.79 Å². The summed E-state index contributed by atoms with van der Waals surface area (Å²) in [5, 5.41) is 2.74. The molecule has 0 aromatic carbocycles. The maximum absolute atomic E-state index is 11.2. The highest BCUT2D eigenvalue weighted by Gasteiger charge is 2.09. The van der Waals surface area contributed by atoms with Crippen LogP contribution in [0.5, 0.6) is 0 Å². The standard InChI is InChI=1S/C9H18N2O/c1-3-7-11-9(12)8(2)5-4-6-10/h3,8H,1,4-7,10H2,2H3,(H,11,12). The Morgan fingerprint density at radius 2 is 2.42 bits per heavy atom. The van der Waals surface area contributed by atoms with Crippen molar-refractivity contribution in [1.82, 2.24) is 5.32 Å². The minimum atomic E-state index is 0.0634. The van der Waals surface area contributed by atoms with Crippen LogP contribution in [0.1, 0.15) is 19.8 Å². The fraction of sp³-hybridized carbons (Fsp3) is 0.667. The van der Waals surface area contributed by atoms with E-state index in [1.54, 1.807) is 6.08 Å². The van der Waals surface area contributed by atoms with E-state index in [1.807, 2.05) is 6.92 Å². The van der Waals surface area contributed by atoms with Gasteiger partial charge in [-0.1, -0.05) is 13.0 Å². The van der Waals surface area contributed by atoms with E-state index in [2.05, 4.69) is 11.9 Å². The summed E-state index contributed by atoms with van der Waals surface area (Å²) in [5.74, 6) is 0.150. The lowest BCUT2D eigenvalue weighted by atomic mass is 10.1. The van der Waals surface area contributed by atoms with Crippen molar-refractivity contribution in [1.29, 1.82) is 0 Å². The van der Waals surface area contributed by atoms with Crippen LogP contribution in [0.2, 0.25) is 0 Å². The fourth-order valence-electron chi connectivity index (χ4n) is 0.902. The van der Waals surface area contributed by atoms with Crippen LogP contribution in [-0.2, 0) is 4.79 Å². The molecule has 0 rings (SSSR count). The lowest BCUT2D eigenvalue weighted by Gasteiger charge is -2.09. The summed E-state index contributed by atoms with van der Waals surface area (Å²) in [6, 6.07) is 0. The first-order chi connectivity index (χ1) is 5.72. The molecule has 0 saturated carbocycles. The summed E-state index contributed by atoms with van der Waals surface area (Å²) in [7, 11) is 0. The molecule has 0 aliphatic heterocycles. The molecule has 0 aromatic heterocycles. The molecule has 1 atom stereocenters. The first kappa shape index (κ1) is 11.2. The molecule has 1 amide bonds. The van der Waals surface area contributed by atoms with Crippen LogP contribution in [0.3, 0.4) is 0 Å². The number of amides is 1. The average Bonchev–Trinajstić information content (AvgIpc) is 2.10. The number of carbonyl (C=O) groups excluding carboxylic acids is 1. The maximum Gasteiger partial charge on any atom is 0.223 e. The zero-order chi connectivity index (χ0) is 9.40. The maximum atomic E-state index is 11.2. The molecule has 12 heavy (non-hydrogen) atoms. The number of nitrogens with one attached hydrogen (secondary N) is 1. The van der Waals surface area contributed by atoms with Crippen molar-refractivity contribution in [3.63, 3.8) is 0 Å². The Morgan fingerprint density at radius 1 is 1.75 bits per heavy atom. The molecule has 0 bridgehead atoms. The zero-order valence-electron chi connectivity index (χ0n) is 7.68. The summed E-state index contributed by atoms with van der Waals surface area (Å²) < 4.78 is 0. The second-order valence-electron chi connectivity index (χ2n) is 2.87. The molecule has 0 radical (unpaired) electrons. The number of hydrogen-bond donors (Lipinski definition) is 2. The van der Waals surface area contributed by atoms with Crippen LogP contribution in [0.4, 0.5) is 0 Å². The van der Waals surface area contributed by atoms with Gasteiger partial charge in [-0.25, -0.2) is 0 Å². The van der Waals surface area contributed by atoms with Gasteiger partial charge >= 0.3 is 0 Å². The first-order valence-electron chi connectivity index (χ1n) is 4.31. The third-order valence-electron chi connectivity index (χ3n) is 1.71. The lowest BCUT2D eigenvalue weighted by Crippen LogP contribution is -2.29. The van der Waals surface area contributed by atoms with Gasteiger partial charge in [-0.3, -0.25) is 4.79 Å². The van der Waals surface area contributed by atoms with Crippen molar-refractivity contribution in [3.8, 4) is 0 Å². The molecule has 3 heteroatoms. The van der Waals surface area contributed by atoms with Gasteiger partial charge in [-0.05, 0) is 19.4 Å². The van der Waals surface area contributed by atoms with Gasteiger partial charge in [0.2, 0.25) is 5.91 Å². The van der Waals surface area contributed by atoms with Gasteiger partial charge < -0.3 is 11.1 Å². The van der Waals surface area contributed by atoms with E-state index < -0.39 is 0 Å². The van der Waals surface area contributed by atoms with Crippen molar-refractivity contribution in [2.24, 2.45) is 11.7 Å². The summed E-state index contributed by atoms with van der Waals surface area (Å²) in [4.78, 5) is 11.2. The SMILES string of the molecule is C=CCNC(=O)C(C)CCCN. The summed E-state index contributed by atoms with van der Waals surface area (Å²) in [6.45, 7) is 6.63. The first-order valence-corrected chi connectivity index (χ1v) is 4.31. The summed E-state index contributed by atoms with van der Waals surface area (Å²) in [5.41, 5.74) is 5.33. The molecule has 0 aliphatic carbocycles. The Morgan fingerprint density at radius 3 is 2.92 bits per heavy atom. The van der Waals surface area contributed by atoms with Crippen LogP contribution in [-0.4, -0.2) is 19.0 Å². The molecule has 0 fully saturated rings. The third-order valence-corrected chi connectivity index (χ3v) is 1.71. The van der Waals surface area contributed by atoms with E-state index in [0.717, 1.165) is 12.8 Å². The normalized spacial score (nSPS) is 12.2. The molecular formula is C9H18N2O. The predicted octanol–water partition coefficient (Wildman–Crippen LogP) is 0.664. The Kier molecular flexibility index (Phi) is 6.38. The van der Waals surface area contributed by atoms with Gasteiger partial charge in [-0.15, -0.1) is 6.58 Å². The topological polar surface area (TPSA) is 55.1 Å². The minimum Gasteiger partial charge on any atom is -0.352 e.